The molecule has 4 rings (SSSR count). The van der Waals surface area contributed by atoms with Crippen LogP contribution in [0.2, 0.25) is 0 Å². The van der Waals surface area contributed by atoms with E-state index in [1.807, 2.05) is 0 Å². The molecule has 2 atom stereocenters. The average Bonchev–Trinajstić information content (AvgIpc) is 3.68. The van der Waals surface area contributed by atoms with Crippen molar-refractivity contribution in [3.8, 4) is 0 Å². The summed E-state index contributed by atoms with van der Waals surface area (Å²) >= 11 is 0. The Morgan fingerprint density at radius 1 is 0.897 bits per heavy atom. The van der Waals surface area contributed by atoms with Gasteiger partial charge < -0.3 is 10.1 Å². The average molecular weight is 568 g/mol. The minimum absolute atomic E-state index is 0.0118. The molecule has 0 radical (unpaired) electrons. The van der Waals surface area contributed by atoms with Crippen molar-refractivity contribution in [3.63, 3.8) is 0 Å². The Morgan fingerprint density at radius 2 is 1.49 bits per heavy atom. The topological polar surface area (TPSA) is 41.6 Å². The SMILES string of the molecule is CCCOC(=O)N1c2ccc(C(F)(F)F)cc2C(NCc2cc(C(F)(F)F)cc(C(F)(F)F)c2)CC1C1CC1. The molecule has 1 saturated carbocycles. The van der Waals surface area contributed by atoms with Gasteiger partial charge in [0.1, 0.15) is 0 Å². The molecule has 214 valence electrons. The summed E-state index contributed by atoms with van der Waals surface area (Å²) in [6.45, 7) is 1.40. The maximum atomic E-state index is 13.5. The van der Waals surface area contributed by atoms with E-state index in [2.05, 4.69) is 5.32 Å². The highest BCUT2D eigenvalue weighted by Crippen LogP contribution is 2.48. The van der Waals surface area contributed by atoms with Crippen LogP contribution in [-0.4, -0.2) is 18.7 Å². The summed E-state index contributed by atoms with van der Waals surface area (Å²) in [6.07, 6.45) is -13.4. The van der Waals surface area contributed by atoms with Gasteiger partial charge in [-0.05, 0) is 79.1 Å². The standard InChI is InChI=1S/C26H25F9N2O2/c1-2-7-39-23(38)37-21-6-5-16(24(27,28)29)11-19(21)20(12-22(37)15-3-4-15)36-13-14-8-17(25(30,31)32)10-18(9-14)26(33,34)35/h5-6,8-11,15,20,22,36H,2-4,7,12-13H2,1H3. The van der Waals surface area contributed by atoms with E-state index in [0.29, 0.717) is 18.6 Å². The smallest absolute Gasteiger partial charge is 0.416 e. The number of amides is 1. The summed E-state index contributed by atoms with van der Waals surface area (Å²) in [5, 5.41) is 2.86. The molecule has 4 nitrogen and oxygen atoms in total. The molecule has 1 amide bonds. The number of nitrogens with zero attached hydrogens (tertiary/aromatic N) is 1. The number of nitrogens with one attached hydrogen (secondary N) is 1. The van der Waals surface area contributed by atoms with Gasteiger partial charge in [-0.25, -0.2) is 4.79 Å². The molecule has 1 aliphatic heterocycles. The van der Waals surface area contributed by atoms with Crippen LogP contribution in [-0.2, 0) is 29.8 Å². The van der Waals surface area contributed by atoms with E-state index in [1.54, 1.807) is 6.92 Å². The van der Waals surface area contributed by atoms with Crippen molar-refractivity contribution in [3.05, 3.63) is 64.2 Å². The molecule has 1 fully saturated rings. The Balaban J connectivity index is 1.71. The molecule has 2 aromatic rings. The van der Waals surface area contributed by atoms with Gasteiger partial charge in [-0.3, -0.25) is 4.90 Å². The van der Waals surface area contributed by atoms with Crippen molar-refractivity contribution in [2.45, 2.75) is 69.8 Å². The molecular weight excluding hydrogens is 543 g/mol. The fraction of sp³-hybridized carbons (Fsp3) is 0.500. The lowest BCUT2D eigenvalue weighted by Gasteiger charge is -2.41. The zero-order valence-corrected chi connectivity index (χ0v) is 20.6. The van der Waals surface area contributed by atoms with Gasteiger partial charge >= 0.3 is 24.6 Å². The number of rotatable bonds is 6. The number of benzene rings is 2. The summed E-state index contributed by atoms with van der Waals surface area (Å²) in [4.78, 5) is 14.3. The lowest BCUT2D eigenvalue weighted by molar-refractivity contribution is -0.143. The molecule has 1 aliphatic carbocycles. The molecule has 39 heavy (non-hydrogen) atoms. The number of halogens is 9. The summed E-state index contributed by atoms with van der Waals surface area (Å²) in [6, 6.07) is 2.64. The highest BCUT2D eigenvalue weighted by Gasteiger charge is 2.45. The van der Waals surface area contributed by atoms with E-state index < -0.39 is 59.9 Å². The van der Waals surface area contributed by atoms with Gasteiger partial charge in [0, 0.05) is 18.6 Å². The zero-order valence-electron chi connectivity index (χ0n) is 20.6. The van der Waals surface area contributed by atoms with E-state index in [9.17, 15) is 44.3 Å². The van der Waals surface area contributed by atoms with Gasteiger partial charge in [0.15, 0.2) is 0 Å². The Kier molecular flexibility index (Phi) is 7.85. The molecule has 0 aromatic heterocycles. The second kappa shape index (κ2) is 10.5. The van der Waals surface area contributed by atoms with Crippen LogP contribution in [0, 0.1) is 5.92 Å². The first-order valence-electron chi connectivity index (χ1n) is 12.3. The van der Waals surface area contributed by atoms with E-state index in [1.165, 1.54) is 4.90 Å². The Morgan fingerprint density at radius 3 is 2.00 bits per heavy atom. The second-order valence-corrected chi connectivity index (χ2v) is 9.74. The van der Waals surface area contributed by atoms with Crippen LogP contribution in [0.1, 0.15) is 66.5 Å². The predicted molar refractivity (Wildman–Crippen MR) is 123 cm³/mol. The molecule has 2 aliphatic rings. The monoisotopic (exact) mass is 568 g/mol. The van der Waals surface area contributed by atoms with E-state index >= 15 is 0 Å². The minimum Gasteiger partial charge on any atom is -0.449 e. The number of anilines is 1. The van der Waals surface area contributed by atoms with Crippen molar-refractivity contribution in [1.29, 1.82) is 0 Å². The highest BCUT2D eigenvalue weighted by atomic mass is 19.4. The number of fused-ring (bicyclic) bond motifs is 1. The molecule has 1 heterocycles. The maximum Gasteiger partial charge on any atom is 0.416 e. The van der Waals surface area contributed by atoms with E-state index in [0.717, 1.165) is 31.0 Å². The number of alkyl halides is 9. The van der Waals surface area contributed by atoms with Crippen molar-refractivity contribution < 1.29 is 49.0 Å². The first-order valence-corrected chi connectivity index (χ1v) is 12.3. The molecule has 0 bridgehead atoms. The lowest BCUT2D eigenvalue weighted by Crippen LogP contribution is -2.48. The molecular formula is C26H25F9N2O2. The normalized spacial score (nSPS) is 20.1. The zero-order chi connectivity index (χ0) is 28.8. The molecule has 2 unspecified atom stereocenters. The van der Waals surface area contributed by atoms with Crippen LogP contribution in [0.25, 0.3) is 0 Å². The van der Waals surface area contributed by atoms with Gasteiger partial charge in [0.05, 0.1) is 29.0 Å². The third-order valence-corrected chi connectivity index (χ3v) is 6.79. The van der Waals surface area contributed by atoms with Crippen LogP contribution in [0.5, 0.6) is 0 Å². The predicted octanol–water partition coefficient (Wildman–Crippen LogP) is 8.11. The number of carbonyl (C=O) groups is 1. The largest absolute Gasteiger partial charge is 0.449 e. The maximum absolute atomic E-state index is 13.5. The van der Waals surface area contributed by atoms with Gasteiger partial charge in [-0.15, -0.1) is 0 Å². The highest BCUT2D eigenvalue weighted by molar-refractivity contribution is 5.90. The number of carbonyl (C=O) groups excluding carboxylic acids is 1. The van der Waals surface area contributed by atoms with Gasteiger partial charge in [0.2, 0.25) is 0 Å². The fourth-order valence-corrected chi connectivity index (χ4v) is 4.81. The quantitative estimate of drug-likeness (QED) is 0.358. The number of hydrogen-bond acceptors (Lipinski definition) is 3. The first kappa shape index (κ1) is 29.0. The van der Waals surface area contributed by atoms with Crippen molar-refractivity contribution in [2.24, 2.45) is 5.92 Å². The van der Waals surface area contributed by atoms with Crippen molar-refractivity contribution in [1.82, 2.24) is 5.32 Å². The van der Waals surface area contributed by atoms with E-state index in [4.69, 9.17) is 4.74 Å². The van der Waals surface area contributed by atoms with Crippen LogP contribution < -0.4 is 10.2 Å². The first-order chi connectivity index (χ1) is 18.1. The minimum atomic E-state index is -5.04. The Bertz CT molecular complexity index is 1170. The Labute approximate surface area is 218 Å². The molecule has 0 saturated heterocycles. The third kappa shape index (κ3) is 6.62. The number of hydrogen-bond donors (Lipinski definition) is 1. The molecule has 0 spiro atoms. The third-order valence-electron chi connectivity index (χ3n) is 6.79. The number of ether oxygens (including phenoxy) is 1. The van der Waals surface area contributed by atoms with Crippen molar-refractivity contribution in [2.75, 3.05) is 11.5 Å². The van der Waals surface area contributed by atoms with Crippen LogP contribution in [0.15, 0.2) is 36.4 Å². The van der Waals surface area contributed by atoms with Gasteiger partial charge in [-0.2, -0.15) is 39.5 Å². The van der Waals surface area contributed by atoms with Crippen LogP contribution in [0.4, 0.5) is 50.0 Å². The van der Waals surface area contributed by atoms with Gasteiger partial charge in [-0.1, -0.05) is 6.92 Å². The van der Waals surface area contributed by atoms with Crippen LogP contribution >= 0.6 is 0 Å². The molecule has 1 N–H and O–H groups in total. The van der Waals surface area contributed by atoms with Crippen molar-refractivity contribution >= 4 is 11.8 Å². The summed E-state index contributed by atoms with van der Waals surface area (Å²) in [5.74, 6) is 0.0318. The summed E-state index contributed by atoms with van der Waals surface area (Å²) in [5.41, 5.74) is -4.10. The molecule has 2 aromatic carbocycles. The summed E-state index contributed by atoms with van der Waals surface area (Å²) in [7, 11) is 0. The van der Waals surface area contributed by atoms with Gasteiger partial charge in [0.25, 0.3) is 0 Å². The molecule has 13 heteroatoms. The lowest BCUT2D eigenvalue weighted by atomic mass is 9.87. The second-order valence-electron chi connectivity index (χ2n) is 9.74. The van der Waals surface area contributed by atoms with Crippen LogP contribution in [0.3, 0.4) is 0 Å². The van der Waals surface area contributed by atoms with E-state index in [-0.39, 0.29) is 41.8 Å². The summed E-state index contributed by atoms with van der Waals surface area (Å²) < 4.78 is 126. The fourth-order valence-electron chi connectivity index (χ4n) is 4.81. The Hall–Kier alpha value is -2.96.